The monoisotopic (exact) mass is 350 g/mol. The van der Waals surface area contributed by atoms with Gasteiger partial charge in [0.25, 0.3) is 5.91 Å². The topological polar surface area (TPSA) is 75.9 Å². The fraction of sp³-hybridized carbons (Fsp3) is 0.263. The molecule has 0 unspecified atom stereocenters. The van der Waals surface area contributed by atoms with E-state index in [9.17, 15) is 4.79 Å². The van der Waals surface area contributed by atoms with Gasteiger partial charge in [-0.3, -0.25) is 4.79 Å². The minimum absolute atomic E-state index is 0.158. The first kappa shape index (κ1) is 17.6. The number of benzene rings is 1. The van der Waals surface area contributed by atoms with Crippen LogP contribution in [0.3, 0.4) is 0 Å². The molecule has 0 atom stereocenters. The van der Waals surface area contributed by atoms with Gasteiger partial charge in [-0.2, -0.15) is 5.10 Å². The number of pyridine rings is 1. The molecule has 0 saturated heterocycles. The van der Waals surface area contributed by atoms with E-state index in [4.69, 9.17) is 0 Å². The molecule has 0 saturated carbocycles. The predicted octanol–water partition coefficient (Wildman–Crippen LogP) is 2.82. The smallest absolute Gasteiger partial charge is 0.255 e. The van der Waals surface area contributed by atoms with E-state index in [0.29, 0.717) is 17.8 Å². The standard InChI is InChI=1S/C19H22N6O/c1-3-24(4-2)18-10-9-17(11-21-18)23-19(26)16-7-5-15(6-8-16)12-25-14-20-13-22-25/h5-11,13-14H,3-4,12H2,1-2H3,(H,23,26). The Labute approximate surface area is 152 Å². The largest absolute Gasteiger partial charge is 0.357 e. The maximum Gasteiger partial charge on any atom is 0.255 e. The normalized spacial score (nSPS) is 10.5. The average molecular weight is 350 g/mol. The zero-order valence-electron chi connectivity index (χ0n) is 15.0. The molecule has 3 aromatic rings. The molecule has 134 valence electrons. The maximum atomic E-state index is 12.4. The second-order valence-corrected chi connectivity index (χ2v) is 5.82. The Bertz CT molecular complexity index is 823. The Balaban J connectivity index is 1.62. The van der Waals surface area contributed by atoms with Crippen molar-refractivity contribution in [2.45, 2.75) is 20.4 Å². The summed E-state index contributed by atoms with van der Waals surface area (Å²) in [5.41, 5.74) is 2.33. The number of anilines is 2. The van der Waals surface area contributed by atoms with E-state index in [-0.39, 0.29) is 5.91 Å². The Morgan fingerprint density at radius 2 is 1.88 bits per heavy atom. The van der Waals surface area contributed by atoms with Crippen LogP contribution in [0.4, 0.5) is 11.5 Å². The van der Waals surface area contributed by atoms with E-state index in [1.807, 2.05) is 24.3 Å². The highest BCUT2D eigenvalue weighted by Gasteiger charge is 2.08. The maximum absolute atomic E-state index is 12.4. The van der Waals surface area contributed by atoms with E-state index < -0.39 is 0 Å². The van der Waals surface area contributed by atoms with Crippen LogP contribution in [-0.2, 0) is 6.54 Å². The molecule has 0 aliphatic heterocycles. The molecular formula is C19H22N6O. The van der Waals surface area contributed by atoms with Crippen molar-refractivity contribution >= 4 is 17.4 Å². The van der Waals surface area contributed by atoms with Crippen LogP contribution in [0.2, 0.25) is 0 Å². The Hall–Kier alpha value is -3.22. The van der Waals surface area contributed by atoms with Crippen molar-refractivity contribution in [3.05, 3.63) is 66.4 Å². The molecule has 26 heavy (non-hydrogen) atoms. The van der Waals surface area contributed by atoms with Crippen molar-refractivity contribution < 1.29 is 4.79 Å². The van der Waals surface area contributed by atoms with Crippen molar-refractivity contribution in [3.8, 4) is 0 Å². The summed E-state index contributed by atoms with van der Waals surface area (Å²) in [4.78, 5) is 22.9. The molecule has 1 amide bonds. The molecule has 3 rings (SSSR count). The Morgan fingerprint density at radius 3 is 2.46 bits per heavy atom. The van der Waals surface area contributed by atoms with Crippen molar-refractivity contribution in [1.29, 1.82) is 0 Å². The lowest BCUT2D eigenvalue weighted by molar-refractivity contribution is 0.102. The van der Waals surface area contributed by atoms with Crippen LogP contribution in [0, 0.1) is 0 Å². The number of carbonyl (C=O) groups is 1. The van der Waals surface area contributed by atoms with Crippen LogP contribution in [0.1, 0.15) is 29.8 Å². The van der Waals surface area contributed by atoms with Gasteiger partial charge in [-0.15, -0.1) is 0 Å². The first-order valence-electron chi connectivity index (χ1n) is 8.63. The molecule has 1 N–H and O–H groups in total. The number of hydrogen-bond acceptors (Lipinski definition) is 5. The van der Waals surface area contributed by atoms with Crippen LogP contribution in [-0.4, -0.2) is 38.7 Å². The number of nitrogens with one attached hydrogen (secondary N) is 1. The van der Waals surface area contributed by atoms with Gasteiger partial charge in [0.15, 0.2) is 0 Å². The second kappa shape index (κ2) is 8.24. The molecule has 7 heteroatoms. The quantitative estimate of drug-likeness (QED) is 0.709. The zero-order valence-corrected chi connectivity index (χ0v) is 15.0. The molecule has 2 aromatic heterocycles. The summed E-state index contributed by atoms with van der Waals surface area (Å²) in [6.45, 7) is 6.60. The zero-order chi connectivity index (χ0) is 18.4. The summed E-state index contributed by atoms with van der Waals surface area (Å²) in [6.07, 6.45) is 4.85. The van der Waals surface area contributed by atoms with Gasteiger partial charge in [0.1, 0.15) is 18.5 Å². The number of rotatable bonds is 7. The lowest BCUT2D eigenvalue weighted by Crippen LogP contribution is -2.22. The van der Waals surface area contributed by atoms with Crippen molar-refractivity contribution in [1.82, 2.24) is 19.7 Å². The molecule has 0 radical (unpaired) electrons. The molecular weight excluding hydrogens is 328 g/mol. The van der Waals surface area contributed by atoms with E-state index in [1.54, 1.807) is 29.3 Å². The van der Waals surface area contributed by atoms with Gasteiger partial charge in [0, 0.05) is 18.7 Å². The average Bonchev–Trinajstić information content (AvgIpc) is 3.18. The first-order chi connectivity index (χ1) is 12.7. The molecule has 2 heterocycles. The van der Waals surface area contributed by atoms with Gasteiger partial charge in [-0.25, -0.2) is 14.6 Å². The third kappa shape index (κ3) is 4.24. The highest BCUT2D eigenvalue weighted by Crippen LogP contribution is 2.15. The molecule has 1 aromatic carbocycles. The van der Waals surface area contributed by atoms with Crippen LogP contribution in [0.25, 0.3) is 0 Å². The number of nitrogens with zero attached hydrogens (tertiary/aromatic N) is 5. The number of amides is 1. The Morgan fingerprint density at radius 1 is 1.12 bits per heavy atom. The van der Waals surface area contributed by atoms with Gasteiger partial charge in [0.05, 0.1) is 18.4 Å². The van der Waals surface area contributed by atoms with Gasteiger partial charge in [-0.1, -0.05) is 12.1 Å². The van der Waals surface area contributed by atoms with Crippen molar-refractivity contribution in [2.24, 2.45) is 0 Å². The van der Waals surface area contributed by atoms with E-state index in [1.165, 1.54) is 6.33 Å². The summed E-state index contributed by atoms with van der Waals surface area (Å²) in [5, 5.41) is 6.95. The third-order valence-electron chi connectivity index (χ3n) is 4.12. The molecule has 0 aliphatic carbocycles. The number of carbonyl (C=O) groups excluding carboxylic acids is 1. The lowest BCUT2D eigenvalue weighted by Gasteiger charge is -2.19. The minimum Gasteiger partial charge on any atom is -0.357 e. The van der Waals surface area contributed by atoms with Crippen molar-refractivity contribution in [2.75, 3.05) is 23.3 Å². The molecule has 7 nitrogen and oxygen atoms in total. The van der Waals surface area contributed by atoms with E-state index in [0.717, 1.165) is 24.5 Å². The fourth-order valence-electron chi connectivity index (χ4n) is 2.66. The van der Waals surface area contributed by atoms with Gasteiger partial charge in [-0.05, 0) is 43.7 Å². The lowest BCUT2D eigenvalue weighted by atomic mass is 10.1. The molecule has 0 spiro atoms. The second-order valence-electron chi connectivity index (χ2n) is 5.82. The summed E-state index contributed by atoms with van der Waals surface area (Å²) in [5.74, 6) is 0.750. The van der Waals surface area contributed by atoms with Crippen LogP contribution in [0.15, 0.2) is 55.2 Å². The summed E-state index contributed by atoms with van der Waals surface area (Å²) in [6, 6.07) is 11.2. The summed E-state index contributed by atoms with van der Waals surface area (Å²) >= 11 is 0. The Kier molecular flexibility index (Phi) is 5.58. The van der Waals surface area contributed by atoms with Gasteiger partial charge in [0.2, 0.25) is 0 Å². The number of hydrogen-bond donors (Lipinski definition) is 1. The van der Waals surface area contributed by atoms with Crippen molar-refractivity contribution in [3.63, 3.8) is 0 Å². The predicted molar refractivity (Wildman–Crippen MR) is 101 cm³/mol. The van der Waals surface area contributed by atoms with Gasteiger partial charge < -0.3 is 10.2 Å². The van der Waals surface area contributed by atoms with Crippen LogP contribution < -0.4 is 10.2 Å². The summed E-state index contributed by atoms with van der Waals surface area (Å²) < 4.78 is 1.73. The van der Waals surface area contributed by atoms with E-state index >= 15 is 0 Å². The molecule has 0 bridgehead atoms. The van der Waals surface area contributed by atoms with Gasteiger partial charge >= 0.3 is 0 Å². The number of aromatic nitrogens is 4. The SMILES string of the molecule is CCN(CC)c1ccc(NC(=O)c2ccc(Cn3cncn3)cc2)cn1. The minimum atomic E-state index is -0.158. The third-order valence-corrected chi connectivity index (χ3v) is 4.12. The highest BCUT2D eigenvalue weighted by molar-refractivity contribution is 6.04. The molecule has 0 aliphatic rings. The van der Waals surface area contributed by atoms with E-state index in [2.05, 4.69) is 39.1 Å². The fourth-order valence-corrected chi connectivity index (χ4v) is 2.66. The highest BCUT2D eigenvalue weighted by atomic mass is 16.1. The molecule has 0 fully saturated rings. The van der Waals surface area contributed by atoms with Crippen LogP contribution in [0.5, 0.6) is 0 Å². The van der Waals surface area contributed by atoms with Crippen LogP contribution >= 0.6 is 0 Å². The summed E-state index contributed by atoms with van der Waals surface area (Å²) in [7, 11) is 0. The first-order valence-corrected chi connectivity index (χ1v) is 8.63.